The standard InChI is InChI=1S/C14H10.2C6H7.C3H9P.Ti/c1-3-7-13(8-4-1)11-12-14-9-5-2-6-10-14;2*1-6-4-2-3-5-6;1-4(2)3;/h1-10H;2*2-5H,1H3;1-3H3;. The van der Waals surface area contributed by atoms with Crippen molar-refractivity contribution in [3.8, 4) is 0 Å². The van der Waals surface area contributed by atoms with Crippen LogP contribution in [0.25, 0.3) is 0 Å². The molecular formula is C29H33PTi. The minimum atomic E-state index is 0. The van der Waals surface area contributed by atoms with Crippen LogP contribution in [0.15, 0.2) is 60.7 Å². The second kappa shape index (κ2) is 20.0. The first-order chi connectivity index (χ1) is 14.5. The van der Waals surface area contributed by atoms with E-state index < -0.39 is 0 Å². The third kappa shape index (κ3) is 18.6. The summed E-state index contributed by atoms with van der Waals surface area (Å²) in [7, 11) is 0.380. The van der Waals surface area contributed by atoms with Gasteiger partial charge in [-0.3, -0.25) is 0 Å². The molecular weight excluding hydrogens is 427 g/mol. The first-order valence-corrected chi connectivity index (χ1v) is 12.8. The summed E-state index contributed by atoms with van der Waals surface area (Å²) in [5.74, 6) is 2.69. The Bertz CT molecular complexity index is 581. The molecule has 0 heterocycles. The van der Waals surface area contributed by atoms with Crippen LogP contribution in [-0.4, -0.2) is 20.0 Å². The summed E-state index contributed by atoms with van der Waals surface area (Å²) in [6, 6.07) is 20.0. The summed E-state index contributed by atoms with van der Waals surface area (Å²) in [5, 5.41) is 0. The van der Waals surface area contributed by atoms with Crippen LogP contribution in [0.3, 0.4) is 0 Å². The van der Waals surface area contributed by atoms with Crippen molar-refractivity contribution in [2.45, 2.75) is 13.8 Å². The minimum absolute atomic E-state index is 0. The summed E-state index contributed by atoms with van der Waals surface area (Å²) < 4.78 is 0. The monoisotopic (exact) mass is 460 g/mol. The molecule has 12 radical (unpaired) electrons. The molecule has 158 valence electrons. The quantitative estimate of drug-likeness (QED) is 0.249. The third-order valence-electron chi connectivity index (χ3n) is 3.56. The van der Waals surface area contributed by atoms with Crippen LogP contribution in [0.1, 0.15) is 25.0 Å². The Labute approximate surface area is 210 Å². The molecule has 0 bridgehead atoms. The Kier molecular flexibility index (Phi) is 19.5. The van der Waals surface area contributed by atoms with Crippen molar-refractivity contribution in [3.63, 3.8) is 0 Å². The molecule has 2 saturated carbocycles. The van der Waals surface area contributed by atoms with E-state index in [1.165, 1.54) is 11.8 Å². The van der Waals surface area contributed by atoms with Gasteiger partial charge in [-0.15, -0.1) is 7.92 Å². The number of benzene rings is 2. The van der Waals surface area contributed by atoms with E-state index in [1.54, 1.807) is 0 Å². The number of hydrogen-bond acceptors (Lipinski definition) is 0. The van der Waals surface area contributed by atoms with E-state index in [0.29, 0.717) is 7.92 Å². The molecule has 0 spiro atoms. The van der Waals surface area contributed by atoms with Crippen molar-refractivity contribution < 1.29 is 21.7 Å². The smallest absolute Gasteiger partial charge is 0 e. The fourth-order valence-corrected chi connectivity index (χ4v) is 2.13. The van der Waals surface area contributed by atoms with E-state index in [-0.39, 0.29) is 21.7 Å². The Morgan fingerprint density at radius 3 is 0.968 bits per heavy atom. The van der Waals surface area contributed by atoms with E-state index in [2.05, 4.69) is 71.7 Å². The van der Waals surface area contributed by atoms with Gasteiger partial charge < -0.3 is 0 Å². The molecule has 31 heavy (non-hydrogen) atoms. The predicted molar refractivity (Wildman–Crippen MR) is 134 cm³/mol. The molecule has 0 unspecified atom stereocenters. The molecule has 0 aromatic heterocycles. The molecule has 2 aromatic rings. The molecule has 0 saturated heterocycles. The SMILES string of the molecule is CP(C)C.C[C]1[CH][CH][CH][CH]1.C[C]1[CH][CH][CH][CH]1.[C](=[C]c1ccccc1)c1ccccc1.[Ti]. The van der Waals surface area contributed by atoms with Crippen LogP contribution in [-0.2, 0) is 21.7 Å². The summed E-state index contributed by atoms with van der Waals surface area (Å²) >= 11 is 0. The predicted octanol–water partition coefficient (Wildman–Crippen LogP) is 7.42. The Hall–Kier alpha value is -0.676. The minimum Gasteiger partial charge on any atom is -0.116 e. The molecule has 2 heteroatoms. The molecule has 2 aromatic carbocycles. The van der Waals surface area contributed by atoms with Gasteiger partial charge in [0.2, 0.25) is 0 Å². The molecule has 0 N–H and O–H groups in total. The van der Waals surface area contributed by atoms with Crippen molar-refractivity contribution in [3.05, 3.63) is 147 Å². The Morgan fingerprint density at radius 2 is 0.774 bits per heavy atom. The van der Waals surface area contributed by atoms with Crippen molar-refractivity contribution >= 4 is 7.92 Å². The van der Waals surface area contributed by atoms with Gasteiger partial charge in [-0.25, -0.2) is 0 Å². The average molecular weight is 460 g/mol. The van der Waals surface area contributed by atoms with Gasteiger partial charge in [-0.05, 0) is 106 Å². The van der Waals surface area contributed by atoms with Gasteiger partial charge in [0.25, 0.3) is 0 Å². The van der Waals surface area contributed by atoms with Crippen LogP contribution in [0.4, 0.5) is 0 Å². The van der Waals surface area contributed by atoms with Gasteiger partial charge in [0.05, 0.1) is 0 Å². The van der Waals surface area contributed by atoms with E-state index in [1.807, 2.05) is 86.3 Å². The van der Waals surface area contributed by atoms with E-state index >= 15 is 0 Å². The third-order valence-corrected chi connectivity index (χ3v) is 3.56. The Balaban J connectivity index is 0.000000442. The topological polar surface area (TPSA) is 0 Å². The largest absolute Gasteiger partial charge is 0.116 e. The van der Waals surface area contributed by atoms with Gasteiger partial charge in [0, 0.05) is 21.7 Å². The normalized spacial score (nSPS) is 15.8. The molecule has 4 rings (SSSR count). The summed E-state index contributed by atoms with van der Waals surface area (Å²) in [4.78, 5) is 0. The molecule has 2 aliphatic rings. The van der Waals surface area contributed by atoms with Crippen molar-refractivity contribution in [1.29, 1.82) is 0 Å². The van der Waals surface area contributed by atoms with Gasteiger partial charge in [-0.2, -0.15) is 0 Å². The first-order valence-electron chi connectivity index (χ1n) is 10.1. The van der Waals surface area contributed by atoms with Crippen LogP contribution in [0.2, 0.25) is 0 Å². The maximum Gasteiger partial charge on any atom is 0 e. The fraction of sp³-hybridized carbons (Fsp3) is 0.172. The molecule has 2 fully saturated rings. The second-order valence-corrected chi connectivity index (χ2v) is 9.93. The van der Waals surface area contributed by atoms with Crippen molar-refractivity contribution in [2.24, 2.45) is 0 Å². The molecule has 0 amide bonds. The van der Waals surface area contributed by atoms with Crippen LogP contribution in [0, 0.1) is 75.4 Å². The molecule has 0 atom stereocenters. The average Bonchev–Trinajstić information content (AvgIpc) is 3.42. The maximum atomic E-state index is 3.11. The Morgan fingerprint density at radius 1 is 0.516 bits per heavy atom. The summed E-state index contributed by atoms with van der Waals surface area (Å²) in [5.41, 5.74) is 2.10. The fourth-order valence-electron chi connectivity index (χ4n) is 2.13. The zero-order chi connectivity index (χ0) is 22.0. The molecule has 0 aliphatic heterocycles. The number of hydrogen-bond donors (Lipinski definition) is 0. The molecule has 2 aliphatic carbocycles. The van der Waals surface area contributed by atoms with E-state index in [9.17, 15) is 0 Å². The van der Waals surface area contributed by atoms with Crippen molar-refractivity contribution in [1.82, 2.24) is 0 Å². The zero-order valence-corrected chi connectivity index (χ0v) is 21.8. The van der Waals surface area contributed by atoms with Gasteiger partial charge in [0.15, 0.2) is 0 Å². The van der Waals surface area contributed by atoms with Crippen LogP contribution < -0.4 is 0 Å². The van der Waals surface area contributed by atoms with Crippen LogP contribution in [0.5, 0.6) is 0 Å². The van der Waals surface area contributed by atoms with Gasteiger partial charge >= 0.3 is 0 Å². The summed E-state index contributed by atoms with van der Waals surface area (Å²) in [6.45, 7) is 10.9. The molecule has 0 nitrogen and oxygen atoms in total. The van der Waals surface area contributed by atoms with Crippen LogP contribution >= 0.6 is 7.92 Å². The first kappa shape index (κ1) is 30.3. The van der Waals surface area contributed by atoms with E-state index in [0.717, 1.165) is 11.1 Å². The summed E-state index contributed by atoms with van der Waals surface area (Å²) in [6.07, 6.45) is 22.7. The maximum absolute atomic E-state index is 3.11. The number of rotatable bonds is 2. The van der Waals surface area contributed by atoms with Gasteiger partial charge in [-0.1, -0.05) is 74.5 Å². The second-order valence-electron chi connectivity index (χ2n) is 7.25. The van der Waals surface area contributed by atoms with Crippen molar-refractivity contribution in [2.75, 3.05) is 20.0 Å². The zero-order valence-electron chi connectivity index (χ0n) is 19.3. The van der Waals surface area contributed by atoms with Gasteiger partial charge in [0.1, 0.15) is 0 Å². The van der Waals surface area contributed by atoms with E-state index in [4.69, 9.17) is 0 Å².